The van der Waals surface area contributed by atoms with E-state index in [4.69, 9.17) is 4.74 Å². The van der Waals surface area contributed by atoms with Crippen molar-refractivity contribution < 1.29 is 19.1 Å². The highest BCUT2D eigenvalue weighted by Crippen LogP contribution is 2.18. The van der Waals surface area contributed by atoms with Crippen LogP contribution in [0.3, 0.4) is 0 Å². The molecule has 0 aromatic heterocycles. The van der Waals surface area contributed by atoms with Gasteiger partial charge in [0.2, 0.25) is 0 Å². The van der Waals surface area contributed by atoms with E-state index in [0.717, 1.165) is 4.90 Å². The fourth-order valence-electron chi connectivity index (χ4n) is 2.22. The minimum atomic E-state index is -0.619. The van der Waals surface area contributed by atoms with Gasteiger partial charge in [-0.25, -0.2) is 4.79 Å². The van der Waals surface area contributed by atoms with Gasteiger partial charge in [0.25, 0.3) is 11.8 Å². The molecule has 0 radical (unpaired) electrons. The first-order valence-electron chi connectivity index (χ1n) is 9.18. The number of anilines is 1. The third kappa shape index (κ3) is 8.23. The quantitative estimate of drug-likeness (QED) is 0.371. The third-order valence-electron chi connectivity index (χ3n) is 3.61. The zero-order chi connectivity index (χ0) is 21.1. The van der Waals surface area contributed by atoms with E-state index in [1.807, 2.05) is 44.2 Å². The number of amides is 2. The molecule has 6 nitrogen and oxygen atoms in total. The first-order chi connectivity index (χ1) is 14.0. The minimum Gasteiger partial charge on any atom is -0.452 e. The maximum atomic E-state index is 12.3. The number of thioether (sulfide) groups is 1. The van der Waals surface area contributed by atoms with Gasteiger partial charge in [-0.05, 0) is 35.6 Å². The molecule has 0 heterocycles. The molecule has 2 aromatic rings. The number of nitrogens with one attached hydrogen (secondary N) is 2. The molecule has 29 heavy (non-hydrogen) atoms. The van der Waals surface area contributed by atoms with Gasteiger partial charge < -0.3 is 15.4 Å². The van der Waals surface area contributed by atoms with Crippen LogP contribution in [0.1, 0.15) is 24.2 Å². The molecule has 152 valence electrons. The molecule has 2 N–H and O–H groups in total. The summed E-state index contributed by atoms with van der Waals surface area (Å²) in [7, 11) is 0. The number of carbonyl (C=O) groups excluding carboxylic acids is 3. The number of para-hydroxylation sites is 1. The largest absolute Gasteiger partial charge is 0.452 e. The van der Waals surface area contributed by atoms with E-state index in [-0.39, 0.29) is 5.91 Å². The molecule has 2 aromatic carbocycles. The van der Waals surface area contributed by atoms with Crippen LogP contribution in [-0.4, -0.2) is 30.9 Å². The van der Waals surface area contributed by atoms with Crippen molar-refractivity contribution in [3.8, 4) is 0 Å². The summed E-state index contributed by atoms with van der Waals surface area (Å²) < 4.78 is 4.94. The van der Waals surface area contributed by atoms with E-state index >= 15 is 0 Å². The smallest absolute Gasteiger partial charge is 0.331 e. The highest BCUT2D eigenvalue weighted by molar-refractivity contribution is 8.02. The van der Waals surface area contributed by atoms with Crippen LogP contribution in [0.15, 0.2) is 71.0 Å². The number of rotatable bonds is 9. The molecule has 0 saturated carbocycles. The van der Waals surface area contributed by atoms with Crippen LogP contribution in [0.4, 0.5) is 5.69 Å². The van der Waals surface area contributed by atoms with Gasteiger partial charge in [0.15, 0.2) is 6.61 Å². The Morgan fingerprint density at radius 2 is 1.72 bits per heavy atom. The Labute approximate surface area is 174 Å². The average Bonchev–Trinajstić information content (AvgIpc) is 2.71. The molecule has 0 fully saturated rings. The fraction of sp³-hybridized carbons (Fsp3) is 0.227. The number of hydrogen-bond acceptors (Lipinski definition) is 5. The van der Waals surface area contributed by atoms with Gasteiger partial charge in [-0.1, -0.05) is 55.9 Å². The van der Waals surface area contributed by atoms with Gasteiger partial charge in [-0.3, -0.25) is 9.59 Å². The SMILES string of the molecule is CC(C)CNC(=O)c1ccccc1NC(=O)COC(=O)/C=C/Sc1ccccc1. The van der Waals surface area contributed by atoms with Crippen molar-refractivity contribution >= 4 is 35.2 Å². The van der Waals surface area contributed by atoms with Crippen molar-refractivity contribution in [2.75, 3.05) is 18.5 Å². The Morgan fingerprint density at radius 3 is 2.45 bits per heavy atom. The first-order valence-corrected chi connectivity index (χ1v) is 10.1. The molecule has 2 rings (SSSR count). The van der Waals surface area contributed by atoms with Crippen molar-refractivity contribution in [3.63, 3.8) is 0 Å². The van der Waals surface area contributed by atoms with Crippen molar-refractivity contribution in [1.29, 1.82) is 0 Å². The van der Waals surface area contributed by atoms with Crippen LogP contribution >= 0.6 is 11.8 Å². The molecule has 0 saturated heterocycles. The van der Waals surface area contributed by atoms with Crippen LogP contribution in [-0.2, 0) is 14.3 Å². The summed E-state index contributed by atoms with van der Waals surface area (Å²) in [6, 6.07) is 16.2. The Balaban J connectivity index is 1.83. The normalized spacial score (nSPS) is 10.7. The lowest BCUT2D eigenvalue weighted by atomic mass is 10.1. The van der Waals surface area contributed by atoms with Gasteiger partial charge in [0.05, 0.1) is 11.3 Å². The average molecular weight is 413 g/mol. The van der Waals surface area contributed by atoms with Crippen LogP contribution in [0.2, 0.25) is 0 Å². The molecule has 2 amide bonds. The molecule has 0 atom stereocenters. The van der Waals surface area contributed by atoms with Crippen LogP contribution in [0.5, 0.6) is 0 Å². The lowest BCUT2D eigenvalue weighted by Crippen LogP contribution is -2.29. The maximum Gasteiger partial charge on any atom is 0.331 e. The Hall–Kier alpha value is -3.06. The second-order valence-electron chi connectivity index (χ2n) is 6.54. The third-order valence-corrected chi connectivity index (χ3v) is 4.43. The summed E-state index contributed by atoms with van der Waals surface area (Å²) >= 11 is 1.37. The van der Waals surface area contributed by atoms with Crippen LogP contribution in [0.25, 0.3) is 0 Å². The first kappa shape index (κ1) is 22.2. The van der Waals surface area contributed by atoms with Gasteiger partial charge in [-0.2, -0.15) is 0 Å². The summed E-state index contributed by atoms with van der Waals surface area (Å²) in [5.74, 6) is -1.10. The summed E-state index contributed by atoms with van der Waals surface area (Å²) in [6.45, 7) is 4.08. The molecule has 0 aliphatic carbocycles. The van der Waals surface area contributed by atoms with E-state index < -0.39 is 18.5 Å². The van der Waals surface area contributed by atoms with Gasteiger partial charge in [-0.15, -0.1) is 0 Å². The zero-order valence-corrected chi connectivity index (χ0v) is 17.2. The number of benzene rings is 2. The summed E-state index contributed by atoms with van der Waals surface area (Å²) in [4.78, 5) is 37.1. The van der Waals surface area contributed by atoms with Gasteiger partial charge in [0.1, 0.15) is 0 Å². The molecule has 0 unspecified atom stereocenters. The van der Waals surface area contributed by atoms with E-state index in [1.54, 1.807) is 29.7 Å². The highest BCUT2D eigenvalue weighted by atomic mass is 32.2. The van der Waals surface area contributed by atoms with Crippen molar-refractivity contribution in [3.05, 3.63) is 71.6 Å². The van der Waals surface area contributed by atoms with E-state index in [0.29, 0.717) is 23.7 Å². The lowest BCUT2D eigenvalue weighted by molar-refractivity contribution is -0.142. The molecule has 0 aliphatic rings. The Bertz CT molecular complexity index is 866. The summed E-state index contributed by atoms with van der Waals surface area (Å²) in [5.41, 5.74) is 0.719. The van der Waals surface area contributed by atoms with Crippen LogP contribution < -0.4 is 10.6 Å². The highest BCUT2D eigenvalue weighted by Gasteiger charge is 2.14. The zero-order valence-electron chi connectivity index (χ0n) is 16.4. The minimum absolute atomic E-state index is 0.271. The van der Waals surface area contributed by atoms with E-state index in [2.05, 4.69) is 10.6 Å². The number of ether oxygens (including phenoxy) is 1. The monoisotopic (exact) mass is 412 g/mol. The van der Waals surface area contributed by atoms with Crippen LogP contribution in [0, 0.1) is 5.92 Å². The number of esters is 1. The van der Waals surface area contributed by atoms with E-state index in [9.17, 15) is 14.4 Å². The second kappa shape index (κ2) is 11.7. The summed E-state index contributed by atoms with van der Waals surface area (Å²) in [5, 5.41) is 7.02. The maximum absolute atomic E-state index is 12.3. The number of carbonyl (C=O) groups is 3. The standard InChI is InChI=1S/C22H24N2O4S/c1-16(2)14-23-22(27)18-10-6-7-11-19(18)24-20(25)15-28-21(26)12-13-29-17-8-4-3-5-9-17/h3-13,16H,14-15H2,1-2H3,(H,23,27)(H,24,25)/b13-12+. The topological polar surface area (TPSA) is 84.5 Å². The number of hydrogen-bond donors (Lipinski definition) is 2. The predicted octanol–water partition coefficient (Wildman–Crippen LogP) is 3.86. The summed E-state index contributed by atoms with van der Waals surface area (Å²) in [6.07, 6.45) is 1.26. The molecule has 0 aliphatic heterocycles. The predicted molar refractivity (Wildman–Crippen MR) is 115 cm³/mol. The van der Waals surface area contributed by atoms with E-state index in [1.165, 1.54) is 17.8 Å². The lowest BCUT2D eigenvalue weighted by Gasteiger charge is -2.12. The Kier molecular flexibility index (Phi) is 8.98. The molecule has 0 spiro atoms. The molecular weight excluding hydrogens is 388 g/mol. The second-order valence-corrected chi connectivity index (χ2v) is 7.52. The van der Waals surface area contributed by atoms with Crippen molar-refractivity contribution in [2.45, 2.75) is 18.7 Å². The Morgan fingerprint density at radius 1 is 1.03 bits per heavy atom. The fourth-order valence-corrected chi connectivity index (χ4v) is 2.87. The van der Waals surface area contributed by atoms with Gasteiger partial charge in [0, 0.05) is 17.5 Å². The molecule has 7 heteroatoms. The van der Waals surface area contributed by atoms with Crippen molar-refractivity contribution in [1.82, 2.24) is 5.32 Å². The molecular formula is C22H24N2O4S. The molecule has 0 bridgehead atoms. The van der Waals surface area contributed by atoms with Crippen molar-refractivity contribution in [2.24, 2.45) is 5.92 Å². The van der Waals surface area contributed by atoms with Gasteiger partial charge >= 0.3 is 5.97 Å².